The van der Waals surface area contributed by atoms with Gasteiger partial charge in [0.25, 0.3) is 5.91 Å². The lowest BCUT2D eigenvalue weighted by Crippen LogP contribution is -2.54. The smallest absolute Gasteiger partial charge is 0.323 e. The largest absolute Gasteiger partial charge is 0.497 e. The van der Waals surface area contributed by atoms with Gasteiger partial charge in [-0.15, -0.1) is 0 Å². The van der Waals surface area contributed by atoms with Crippen LogP contribution >= 0.6 is 0 Å². The topological polar surface area (TPSA) is 118 Å². The number of rotatable bonds is 8. The Bertz CT molecular complexity index is 1420. The van der Waals surface area contributed by atoms with Crippen LogP contribution in [-0.2, 0) is 16.0 Å². The second kappa shape index (κ2) is 13.4. The summed E-state index contributed by atoms with van der Waals surface area (Å²) in [6, 6.07) is 21.4. The first-order chi connectivity index (χ1) is 20.4. The van der Waals surface area contributed by atoms with E-state index in [1.165, 1.54) is 5.56 Å². The fourth-order valence-electron chi connectivity index (χ4n) is 5.37. The van der Waals surface area contributed by atoms with E-state index in [2.05, 4.69) is 16.0 Å². The van der Waals surface area contributed by atoms with Crippen LogP contribution in [0.5, 0.6) is 11.5 Å². The van der Waals surface area contributed by atoms with Crippen LogP contribution in [-0.4, -0.2) is 68.3 Å². The van der Waals surface area contributed by atoms with E-state index in [1.807, 2.05) is 30.3 Å². The van der Waals surface area contributed by atoms with Crippen molar-refractivity contribution < 1.29 is 28.6 Å². The molecule has 0 bridgehead atoms. The fourth-order valence-corrected chi connectivity index (χ4v) is 5.37. The Morgan fingerprint density at radius 3 is 2.55 bits per heavy atom. The lowest BCUT2D eigenvalue weighted by atomic mass is 9.94. The van der Waals surface area contributed by atoms with E-state index in [-0.39, 0.29) is 43.1 Å². The number of ether oxygens (including phenoxy) is 3. The molecule has 1 fully saturated rings. The van der Waals surface area contributed by atoms with Gasteiger partial charge in [-0.1, -0.05) is 36.4 Å². The molecule has 10 heteroatoms. The minimum absolute atomic E-state index is 0.0496. The second-order valence-electron chi connectivity index (χ2n) is 10.5. The summed E-state index contributed by atoms with van der Waals surface area (Å²) in [6.07, 6.45) is 1.77. The molecular weight excluding hydrogens is 536 g/mol. The van der Waals surface area contributed by atoms with Crippen LogP contribution in [0.25, 0.3) is 0 Å². The number of carbonyl (C=O) groups excluding carboxylic acids is 3. The van der Waals surface area contributed by atoms with Gasteiger partial charge in [0.15, 0.2) is 0 Å². The summed E-state index contributed by atoms with van der Waals surface area (Å²) in [5.41, 5.74) is 2.56. The zero-order valence-corrected chi connectivity index (χ0v) is 23.8. The Morgan fingerprint density at radius 1 is 0.976 bits per heavy atom. The number of likely N-dealkylation sites (N-methyl/N-ethyl adjacent to an activating group) is 1. The summed E-state index contributed by atoms with van der Waals surface area (Å²) >= 11 is 0. The summed E-state index contributed by atoms with van der Waals surface area (Å²) in [5, 5.41) is 8.52. The van der Waals surface area contributed by atoms with Gasteiger partial charge in [-0.3, -0.25) is 9.59 Å². The van der Waals surface area contributed by atoms with E-state index in [9.17, 15) is 14.4 Å². The van der Waals surface area contributed by atoms with Gasteiger partial charge in [0.1, 0.15) is 24.2 Å². The summed E-state index contributed by atoms with van der Waals surface area (Å²) < 4.78 is 17.5. The number of hydrogen-bond acceptors (Lipinski definition) is 6. The lowest BCUT2D eigenvalue weighted by molar-refractivity contribution is -0.134. The molecule has 0 aliphatic carbocycles. The maximum Gasteiger partial charge on any atom is 0.323 e. The SMILES string of the molecule is COc1cccc(NC(=O)Nc2ccc3c(c2)C(=O)N(C)[C@H]2CC[C@@H](CC(=O)NCCc4ccccc4)O[C@@H]2CO3)c1. The van der Waals surface area contributed by atoms with Gasteiger partial charge in [-0.25, -0.2) is 4.79 Å². The van der Waals surface area contributed by atoms with Crippen molar-refractivity contribution >= 4 is 29.2 Å². The Labute approximate surface area is 245 Å². The van der Waals surface area contributed by atoms with Crippen molar-refractivity contribution in [3.63, 3.8) is 0 Å². The standard InChI is InChI=1S/C32H36N4O6/c1-36-27-13-12-25(19-30(37)33-16-15-21-7-4-3-5-8-21)42-29(27)20-41-28-14-11-23(18-26(28)31(36)38)35-32(39)34-22-9-6-10-24(17-22)40-2/h3-11,14,17-18,25,27,29H,12-13,15-16,19-20H2,1-2H3,(H,33,37)(H2,34,35,39)/t25-,27-,29+/m0/s1. The molecule has 3 aromatic carbocycles. The zero-order chi connectivity index (χ0) is 29.5. The van der Waals surface area contributed by atoms with Crippen molar-refractivity contribution in [2.24, 2.45) is 0 Å². The van der Waals surface area contributed by atoms with Crippen LogP contribution in [0, 0.1) is 0 Å². The summed E-state index contributed by atoms with van der Waals surface area (Å²) in [5.74, 6) is 0.759. The maximum atomic E-state index is 13.5. The third-order valence-corrected chi connectivity index (χ3v) is 7.59. The number of carbonyl (C=O) groups is 3. The molecule has 4 amide bonds. The number of fused-ring (bicyclic) bond motifs is 2. The van der Waals surface area contributed by atoms with Gasteiger partial charge in [0.05, 0.1) is 31.2 Å². The maximum absolute atomic E-state index is 13.5. The Morgan fingerprint density at radius 2 is 1.76 bits per heavy atom. The molecular formula is C32H36N4O6. The average Bonchev–Trinajstić information content (AvgIpc) is 3.00. The van der Waals surface area contributed by atoms with E-state index in [4.69, 9.17) is 14.2 Å². The molecule has 0 saturated carbocycles. The third kappa shape index (κ3) is 7.19. The second-order valence-corrected chi connectivity index (χ2v) is 10.5. The average molecular weight is 573 g/mol. The Kier molecular flexibility index (Phi) is 9.23. The van der Waals surface area contributed by atoms with Gasteiger partial charge in [-0.2, -0.15) is 0 Å². The van der Waals surface area contributed by atoms with Gasteiger partial charge in [0, 0.05) is 31.0 Å². The molecule has 5 rings (SSSR count). The molecule has 0 aromatic heterocycles. The molecule has 0 radical (unpaired) electrons. The number of nitrogens with one attached hydrogen (secondary N) is 3. The Hall–Kier alpha value is -4.57. The number of methoxy groups -OCH3 is 1. The van der Waals surface area contributed by atoms with E-state index >= 15 is 0 Å². The predicted octanol–water partition coefficient (Wildman–Crippen LogP) is 4.47. The highest BCUT2D eigenvalue weighted by molar-refractivity contribution is 6.02. The molecule has 3 aromatic rings. The van der Waals surface area contributed by atoms with Crippen LogP contribution in [0.4, 0.5) is 16.2 Å². The first-order valence-electron chi connectivity index (χ1n) is 14.1. The number of anilines is 2. The van der Waals surface area contributed by atoms with Crippen LogP contribution in [0.3, 0.4) is 0 Å². The lowest BCUT2D eigenvalue weighted by Gasteiger charge is -2.42. The monoisotopic (exact) mass is 572 g/mol. The molecule has 2 aliphatic heterocycles. The van der Waals surface area contributed by atoms with Gasteiger partial charge in [0.2, 0.25) is 5.91 Å². The molecule has 220 valence electrons. The van der Waals surface area contributed by atoms with E-state index in [0.29, 0.717) is 47.8 Å². The molecule has 10 nitrogen and oxygen atoms in total. The van der Waals surface area contributed by atoms with E-state index in [1.54, 1.807) is 61.5 Å². The number of urea groups is 1. The van der Waals surface area contributed by atoms with Gasteiger partial charge < -0.3 is 35.1 Å². The van der Waals surface area contributed by atoms with Gasteiger partial charge in [-0.05, 0) is 55.2 Å². The summed E-state index contributed by atoms with van der Waals surface area (Å²) in [6.45, 7) is 0.808. The normalized spacial score (nSPS) is 19.7. The number of nitrogens with zero attached hydrogens (tertiary/aromatic N) is 1. The van der Waals surface area contributed by atoms with E-state index in [0.717, 1.165) is 6.42 Å². The quantitative estimate of drug-likeness (QED) is 0.367. The van der Waals surface area contributed by atoms with Crippen molar-refractivity contribution in [1.82, 2.24) is 10.2 Å². The van der Waals surface area contributed by atoms with Crippen molar-refractivity contribution in [3.8, 4) is 11.5 Å². The minimum atomic E-state index is -0.452. The molecule has 2 aliphatic rings. The van der Waals surface area contributed by atoms with Crippen LogP contribution < -0.4 is 25.4 Å². The first kappa shape index (κ1) is 28.9. The molecule has 0 unspecified atom stereocenters. The van der Waals surface area contributed by atoms with E-state index < -0.39 is 6.03 Å². The van der Waals surface area contributed by atoms with Crippen molar-refractivity contribution in [1.29, 1.82) is 0 Å². The highest BCUT2D eigenvalue weighted by Gasteiger charge is 2.39. The van der Waals surface area contributed by atoms with Crippen molar-refractivity contribution in [3.05, 3.63) is 83.9 Å². The zero-order valence-electron chi connectivity index (χ0n) is 23.8. The van der Waals surface area contributed by atoms with Crippen molar-refractivity contribution in [2.75, 3.05) is 37.9 Å². The van der Waals surface area contributed by atoms with Crippen molar-refractivity contribution in [2.45, 2.75) is 43.9 Å². The molecule has 0 spiro atoms. The number of benzene rings is 3. The Balaban J connectivity index is 1.17. The number of hydrogen-bond donors (Lipinski definition) is 3. The highest BCUT2D eigenvalue weighted by atomic mass is 16.5. The van der Waals surface area contributed by atoms with Crippen LogP contribution in [0.2, 0.25) is 0 Å². The molecule has 2 heterocycles. The molecule has 3 N–H and O–H groups in total. The van der Waals surface area contributed by atoms with Crippen LogP contribution in [0.15, 0.2) is 72.8 Å². The summed E-state index contributed by atoms with van der Waals surface area (Å²) in [4.78, 5) is 40.4. The fraction of sp³-hybridized carbons (Fsp3) is 0.344. The van der Waals surface area contributed by atoms with Crippen LogP contribution in [0.1, 0.15) is 35.2 Å². The third-order valence-electron chi connectivity index (χ3n) is 7.59. The highest BCUT2D eigenvalue weighted by Crippen LogP contribution is 2.32. The predicted molar refractivity (Wildman–Crippen MR) is 159 cm³/mol. The molecule has 3 atom stereocenters. The molecule has 42 heavy (non-hydrogen) atoms. The summed E-state index contributed by atoms with van der Waals surface area (Å²) in [7, 11) is 3.31. The number of amides is 4. The first-order valence-corrected chi connectivity index (χ1v) is 14.1. The minimum Gasteiger partial charge on any atom is -0.497 e. The molecule has 1 saturated heterocycles. The van der Waals surface area contributed by atoms with Gasteiger partial charge >= 0.3 is 6.03 Å².